The van der Waals surface area contributed by atoms with E-state index in [0.29, 0.717) is 66.5 Å². The van der Waals surface area contributed by atoms with E-state index in [9.17, 15) is 28.3 Å². The molecule has 4 aromatic rings. The number of halogens is 2. The third-order valence-corrected chi connectivity index (χ3v) is 11.4. The van der Waals surface area contributed by atoms with Gasteiger partial charge in [0.1, 0.15) is 22.7 Å². The Hall–Kier alpha value is -3.72. The van der Waals surface area contributed by atoms with Crippen LogP contribution in [0.3, 0.4) is 0 Å². The highest BCUT2D eigenvalue weighted by Crippen LogP contribution is 2.48. The molecule has 2 unspecified atom stereocenters. The number of thiazole rings is 1. The number of carbonyl (C=O) groups is 3. The Kier molecular flexibility index (Phi) is 12.8. The molecule has 1 aliphatic rings. The van der Waals surface area contributed by atoms with Gasteiger partial charge in [-0.1, -0.05) is 52.9 Å². The molecule has 262 valence electrons. The summed E-state index contributed by atoms with van der Waals surface area (Å²) in [4.78, 5) is 40.7. The molecule has 50 heavy (non-hydrogen) atoms. The number of aldehydes is 1. The number of carboxylic acids is 1. The SMILES string of the molecule is C=C(C(=O)NCCCCN1C(=Cc2sc3ccc(Cl)cc3[n+]2CCCS(=O)O)Sc2ccc(Cl)cc21)N(c1ccc(C=O)cc1)C(C)C(=O)O. The van der Waals surface area contributed by atoms with Crippen LogP contribution in [0.4, 0.5) is 11.4 Å². The number of thioether (sulfide) groups is 1. The van der Waals surface area contributed by atoms with Gasteiger partial charge in [-0.15, -0.1) is 0 Å². The number of aromatic nitrogens is 1. The smallest absolute Gasteiger partial charge is 0.326 e. The molecule has 2 atom stereocenters. The molecule has 1 aromatic heterocycles. The number of hydrogen-bond acceptors (Lipinski definition) is 8. The summed E-state index contributed by atoms with van der Waals surface area (Å²) in [6.45, 7) is 6.87. The number of rotatable bonds is 16. The second-order valence-electron chi connectivity index (χ2n) is 11.4. The third-order valence-electron chi connectivity index (χ3n) is 8.03. The largest absolute Gasteiger partial charge is 0.480 e. The molecule has 0 radical (unpaired) electrons. The van der Waals surface area contributed by atoms with Gasteiger partial charge in [0.2, 0.25) is 5.52 Å². The first-order valence-corrected chi connectivity index (χ1v) is 19.3. The lowest BCUT2D eigenvalue weighted by atomic mass is 10.1. The Morgan fingerprint density at radius 1 is 1.08 bits per heavy atom. The van der Waals surface area contributed by atoms with Crippen molar-refractivity contribution in [2.45, 2.75) is 43.7 Å². The topological polar surface area (TPSA) is 131 Å². The van der Waals surface area contributed by atoms with Gasteiger partial charge in [-0.25, -0.2) is 9.00 Å². The minimum absolute atomic E-state index is 0.0216. The average molecular weight is 775 g/mol. The molecular weight excluding hydrogens is 740 g/mol. The number of benzene rings is 3. The van der Waals surface area contributed by atoms with Crippen molar-refractivity contribution in [3.63, 3.8) is 0 Å². The highest BCUT2D eigenvalue weighted by Gasteiger charge is 2.29. The van der Waals surface area contributed by atoms with Gasteiger partial charge in [0.15, 0.2) is 17.6 Å². The lowest BCUT2D eigenvalue weighted by molar-refractivity contribution is -0.668. The van der Waals surface area contributed by atoms with Crippen LogP contribution in [-0.4, -0.2) is 56.9 Å². The van der Waals surface area contributed by atoms with E-state index in [1.54, 1.807) is 47.4 Å². The predicted octanol–water partition coefficient (Wildman–Crippen LogP) is 7.22. The summed E-state index contributed by atoms with van der Waals surface area (Å²) in [5.74, 6) is -1.45. The summed E-state index contributed by atoms with van der Waals surface area (Å²) < 4.78 is 23.9. The predicted molar refractivity (Wildman–Crippen MR) is 203 cm³/mol. The van der Waals surface area contributed by atoms with E-state index in [1.165, 1.54) is 11.8 Å². The van der Waals surface area contributed by atoms with Crippen LogP contribution >= 0.6 is 46.3 Å². The zero-order valence-corrected chi connectivity index (χ0v) is 31.0. The van der Waals surface area contributed by atoms with Gasteiger partial charge in [-0.05, 0) is 74.4 Å². The van der Waals surface area contributed by atoms with Crippen molar-refractivity contribution in [3.8, 4) is 0 Å². The number of nitrogens with one attached hydrogen (secondary N) is 1. The number of carbonyl (C=O) groups excluding carboxylic acids is 2. The fraction of sp³-hybridized carbons (Fsp3) is 0.257. The van der Waals surface area contributed by atoms with Crippen LogP contribution in [-0.2, 0) is 27.2 Å². The molecule has 0 saturated carbocycles. The number of nitrogens with zero attached hydrogens (tertiary/aromatic N) is 3. The van der Waals surface area contributed by atoms with E-state index in [-0.39, 0.29) is 11.4 Å². The van der Waals surface area contributed by atoms with Crippen molar-refractivity contribution in [2.24, 2.45) is 0 Å². The van der Waals surface area contributed by atoms with Crippen molar-refractivity contribution in [1.29, 1.82) is 0 Å². The molecule has 0 saturated heterocycles. The van der Waals surface area contributed by atoms with Crippen LogP contribution in [0.1, 0.15) is 41.6 Å². The fourth-order valence-electron chi connectivity index (χ4n) is 5.52. The Morgan fingerprint density at radius 3 is 2.50 bits per heavy atom. The van der Waals surface area contributed by atoms with Crippen LogP contribution in [0.2, 0.25) is 10.0 Å². The van der Waals surface area contributed by atoms with Gasteiger partial charge in [0.05, 0.1) is 22.5 Å². The lowest BCUT2D eigenvalue weighted by Crippen LogP contribution is -2.43. The summed E-state index contributed by atoms with van der Waals surface area (Å²) in [5, 5.41) is 15.8. The molecule has 1 amide bonds. The Bertz CT molecular complexity index is 1980. The minimum Gasteiger partial charge on any atom is -0.480 e. The highest BCUT2D eigenvalue weighted by atomic mass is 35.5. The first-order valence-electron chi connectivity index (χ1n) is 15.7. The Labute approximate surface area is 310 Å². The number of unbranched alkanes of at least 4 members (excludes halogenated alkanes) is 1. The van der Waals surface area contributed by atoms with E-state index in [0.717, 1.165) is 30.8 Å². The summed E-state index contributed by atoms with van der Waals surface area (Å²) in [6.07, 6.45) is 4.67. The van der Waals surface area contributed by atoms with Gasteiger partial charge in [0, 0.05) is 51.8 Å². The Morgan fingerprint density at radius 2 is 1.80 bits per heavy atom. The number of aliphatic carboxylic acids is 1. The maximum atomic E-state index is 13.1. The van der Waals surface area contributed by atoms with Crippen molar-refractivity contribution < 1.29 is 32.8 Å². The standard InChI is InChI=1S/C35H34Cl2N4O6S3/c1-22(41(23(2)35(44)45)27-10-6-24(21-42)7-11-27)34(43)38-14-3-4-15-39-28-18-25(36)8-12-30(28)48-32(39)20-33-40(16-5-17-50(46)47)29-19-26(37)9-13-31(29)49-33/h6-13,18-21,23H,1,3-5,14-17H2,2H3,(H2-,38,43,44,45,46,47)/p+1. The second kappa shape index (κ2) is 17.0. The molecule has 0 aliphatic carbocycles. The molecule has 0 spiro atoms. The molecule has 0 bridgehead atoms. The van der Waals surface area contributed by atoms with Crippen LogP contribution < -0.4 is 19.7 Å². The molecular formula is C35H35Cl2N4O6S3+. The summed E-state index contributed by atoms with van der Waals surface area (Å²) in [6, 6.07) is 16.7. The second-order valence-corrected chi connectivity index (χ2v) is 15.5. The zero-order valence-electron chi connectivity index (χ0n) is 27.0. The number of hydrogen-bond donors (Lipinski definition) is 3. The monoisotopic (exact) mass is 773 g/mol. The number of anilines is 2. The van der Waals surface area contributed by atoms with Crippen molar-refractivity contribution >= 4 is 103 Å². The highest BCUT2D eigenvalue weighted by molar-refractivity contribution is 8.03. The zero-order chi connectivity index (χ0) is 35.9. The molecule has 3 N–H and O–H groups in total. The summed E-state index contributed by atoms with van der Waals surface area (Å²) in [7, 11) is 0. The average Bonchev–Trinajstić information content (AvgIpc) is 3.60. The quantitative estimate of drug-likeness (QED) is 0.0355. The number of amides is 1. The van der Waals surface area contributed by atoms with Gasteiger partial charge in [-0.2, -0.15) is 4.57 Å². The molecule has 2 heterocycles. The summed E-state index contributed by atoms with van der Waals surface area (Å²) >= 11 is 14.1. The molecule has 15 heteroatoms. The Balaban J connectivity index is 1.29. The van der Waals surface area contributed by atoms with Crippen LogP contribution in [0.15, 0.2) is 82.9 Å². The maximum absolute atomic E-state index is 13.1. The van der Waals surface area contributed by atoms with E-state index in [2.05, 4.69) is 27.4 Å². The van der Waals surface area contributed by atoms with Gasteiger partial charge >= 0.3 is 5.97 Å². The molecule has 0 fully saturated rings. The summed E-state index contributed by atoms with van der Waals surface area (Å²) in [5.41, 5.74) is 2.78. The minimum atomic E-state index is -1.88. The fourth-order valence-corrected chi connectivity index (χ4v) is 8.52. The molecule has 3 aromatic carbocycles. The first kappa shape index (κ1) is 37.5. The molecule has 5 rings (SSSR count). The van der Waals surface area contributed by atoms with E-state index in [4.69, 9.17) is 23.2 Å². The van der Waals surface area contributed by atoms with Crippen LogP contribution in [0.25, 0.3) is 16.3 Å². The van der Waals surface area contributed by atoms with Crippen LogP contribution in [0, 0.1) is 0 Å². The first-order chi connectivity index (χ1) is 24.0. The molecule has 1 aliphatic heterocycles. The normalized spacial score (nSPS) is 14.4. The van der Waals surface area contributed by atoms with Crippen LogP contribution in [0.5, 0.6) is 0 Å². The number of carboxylic acid groups (broad SMARTS) is 1. The van der Waals surface area contributed by atoms with Gasteiger partial charge in [0.25, 0.3) is 10.9 Å². The van der Waals surface area contributed by atoms with Gasteiger partial charge < -0.3 is 24.8 Å². The van der Waals surface area contributed by atoms with E-state index < -0.39 is 29.0 Å². The molecule has 10 nitrogen and oxygen atoms in total. The van der Waals surface area contributed by atoms with E-state index >= 15 is 0 Å². The maximum Gasteiger partial charge on any atom is 0.326 e. The van der Waals surface area contributed by atoms with Crippen molar-refractivity contribution in [2.75, 3.05) is 28.6 Å². The van der Waals surface area contributed by atoms with E-state index in [1.807, 2.05) is 36.4 Å². The van der Waals surface area contributed by atoms with Crippen molar-refractivity contribution in [3.05, 3.63) is 98.6 Å². The lowest BCUT2D eigenvalue weighted by Gasteiger charge is -2.29. The number of aryl methyl sites for hydroxylation is 1. The van der Waals surface area contributed by atoms with Crippen molar-refractivity contribution in [1.82, 2.24) is 5.32 Å². The number of fused-ring (bicyclic) bond motifs is 2. The third kappa shape index (κ3) is 8.95. The van der Waals surface area contributed by atoms with Gasteiger partial charge in [-0.3, -0.25) is 9.59 Å².